The van der Waals surface area contributed by atoms with E-state index in [0.29, 0.717) is 17.8 Å². The van der Waals surface area contributed by atoms with Gasteiger partial charge in [0.1, 0.15) is 0 Å². The quantitative estimate of drug-likeness (QED) is 0.666. The lowest BCUT2D eigenvalue weighted by Gasteiger charge is -2.33. The predicted molar refractivity (Wildman–Crippen MR) is 80.1 cm³/mol. The van der Waals surface area contributed by atoms with E-state index in [1.807, 2.05) is 20.8 Å². The van der Waals surface area contributed by atoms with Gasteiger partial charge in [0.15, 0.2) is 0 Å². The Labute approximate surface area is 116 Å². The van der Waals surface area contributed by atoms with Crippen molar-refractivity contribution in [1.82, 2.24) is 4.31 Å². The summed E-state index contributed by atoms with van der Waals surface area (Å²) in [7, 11) is -3.41. The van der Waals surface area contributed by atoms with Gasteiger partial charge in [0.2, 0.25) is 10.0 Å². The maximum atomic E-state index is 12.5. The van der Waals surface area contributed by atoms with Gasteiger partial charge in [0, 0.05) is 17.8 Å². The summed E-state index contributed by atoms with van der Waals surface area (Å²) in [5, 5.41) is 0. The molecule has 1 aromatic rings. The molecule has 2 N–H and O–H groups in total. The van der Waals surface area contributed by atoms with E-state index in [1.54, 1.807) is 30.3 Å². The molecule has 0 saturated carbocycles. The number of sulfonamides is 1. The Morgan fingerprint density at radius 2 is 2.00 bits per heavy atom. The van der Waals surface area contributed by atoms with Gasteiger partial charge in [-0.1, -0.05) is 18.2 Å². The highest BCUT2D eigenvalue weighted by atomic mass is 32.2. The van der Waals surface area contributed by atoms with Gasteiger partial charge < -0.3 is 5.73 Å². The second-order valence-corrected chi connectivity index (χ2v) is 7.39. The van der Waals surface area contributed by atoms with E-state index in [9.17, 15) is 8.42 Å². The van der Waals surface area contributed by atoms with Crippen LogP contribution in [0, 0.1) is 0 Å². The molecule has 0 aliphatic carbocycles. The third kappa shape index (κ3) is 4.36. The summed E-state index contributed by atoms with van der Waals surface area (Å²) in [6.07, 6.45) is 1.60. The van der Waals surface area contributed by atoms with Crippen molar-refractivity contribution in [2.75, 3.05) is 12.3 Å². The summed E-state index contributed by atoms with van der Waals surface area (Å²) < 4.78 is 26.4. The van der Waals surface area contributed by atoms with Crippen LogP contribution in [-0.4, -0.2) is 24.8 Å². The molecule has 0 aromatic heterocycles. The van der Waals surface area contributed by atoms with Crippen molar-refractivity contribution >= 4 is 15.7 Å². The minimum atomic E-state index is -3.41. The molecule has 0 aliphatic rings. The van der Waals surface area contributed by atoms with Crippen LogP contribution >= 0.6 is 0 Å². The Bertz CT molecular complexity index is 545. The number of hydrogen-bond donors (Lipinski definition) is 1. The van der Waals surface area contributed by atoms with E-state index in [-0.39, 0.29) is 5.75 Å². The first-order chi connectivity index (χ1) is 8.66. The topological polar surface area (TPSA) is 63.4 Å². The highest BCUT2D eigenvalue weighted by molar-refractivity contribution is 7.88. The summed E-state index contributed by atoms with van der Waals surface area (Å²) >= 11 is 0. The minimum Gasteiger partial charge on any atom is -0.399 e. The van der Waals surface area contributed by atoms with Crippen LogP contribution in [0.1, 0.15) is 26.3 Å². The van der Waals surface area contributed by atoms with E-state index in [0.717, 1.165) is 0 Å². The molecule has 0 radical (unpaired) electrons. The maximum Gasteiger partial charge on any atom is 0.219 e. The van der Waals surface area contributed by atoms with Gasteiger partial charge in [0.25, 0.3) is 0 Å². The first kappa shape index (κ1) is 15.7. The standard InChI is InChI=1S/C14H22N2O2S/c1-5-9-16(14(2,3)4)19(17,18)11-12-7-6-8-13(15)10-12/h5-8,10H,1,9,11,15H2,2-4H3. The highest BCUT2D eigenvalue weighted by Crippen LogP contribution is 2.21. The molecule has 0 aliphatic heterocycles. The number of benzene rings is 1. The van der Waals surface area contributed by atoms with Crippen molar-refractivity contribution in [3.05, 3.63) is 42.5 Å². The lowest BCUT2D eigenvalue weighted by molar-refractivity contribution is 0.269. The fraction of sp³-hybridized carbons (Fsp3) is 0.429. The molecule has 106 valence electrons. The van der Waals surface area contributed by atoms with Crippen LogP contribution < -0.4 is 5.73 Å². The molecular formula is C14H22N2O2S. The van der Waals surface area contributed by atoms with Gasteiger partial charge in [-0.3, -0.25) is 0 Å². The van der Waals surface area contributed by atoms with Gasteiger partial charge in [-0.15, -0.1) is 6.58 Å². The molecular weight excluding hydrogens is 260 g/mol. The average molecular weight is 282 g/mol. The van der Waals surface area contributed by atoms with Crippen LogP contribution in [0.25, 0.3) is 0 Å². The molecule has 1 rings (SSSR count). The zero-order chi connectivity index (χ0) is 14.7. The van der Waals surface area contributed by atoms with Gasteiger partial charge in [-0.05, 0) is 38.5 Å². The van der Waals surface area contributed by atoms with Crippen LogP contribution in [0.5, 0.6) is 0 Å². The first-order valence-electron chi connectivity index (χ1n) is 6.12. The smallest absolute Gasteiger partial charge is 0.219 e. The Hall–Kier alpha value is -1.33. The molecule has 0 heterocycles. The number of nitrogen functional groups attached to an aromatic ring is 1. The largest absolute Gasteiger partial charge is 0.399 e. The van der Waals surface area contributed by atoms with E-state index in [4.69, 9.17) is 5.73 Å². The Balaban J connectivity index is 3.05. The van der Waals surface area contributed by atoms with Crippen LogP contribution in [0.4, 0.5) is 5.69 Å². The van der Waals surface area contributed by atoms with Gasteiger partial charge in [-0.2, -0.15) is 4.31 Å². The van der Waals surface area contributed by atoms with Gasteiger partial charge in [-0.25, -0.2) is 8.42 Å². The van der Waals surface area contributed by atoms with Crippen molar-refractivity contribution in [3.8, 4) is 0 Å². The zero-order valence-corrected chi connectivity index (χ0v) is 12.6. The number of nitrogens with zero attached hydrogens (tertiary/aromatic N) is 1. The SMILES string of the molecule is C=CCN(C(C)(C)C)S(=O)(=O)Cc1cccc(N)c1. The summed E-state index contributed by atoms with van der Waals surface area (Å²) in [6.45, 7) is 9.53. The van der Waals surface area contributed by atoms with Crippen molar-refractivity contribution in [1.29, 1.82) is 0 Å². The summed E-state index contributed by atoms with van der Waals surface area (Å²) in [5.74, 6) is -0.0524. The second kappa shape index (κ2) is 5.75. The van der Waals surface area contributed by atoms with Crippen molar-refractivity contribution in [3.63, 3.8) is 0 Å². The number of rotatable bonds is 5. The normalized spacial score (nSPS) is 12.6. The third-order valence-electron chi connectivity index (χ3n) is 2.68. The summed E-state index contributed by atoms with van der Waals surface area (Å²) in [6, 6.07) is 6.95. The molecule has 4 nitrogen and oxygen atoms in total. The van der Waals surface area contributed by atoms with E-state index >= 15 is 0 Å². The summed E-state index contributed by atoms with van der Waals surface area (Å²) in [5.41, 5.74) is 6.46. The lowest BCUT2D eigenvalue weighted by Crippen LogP contribution is -2.46. The summed E-state index contributed by atoms with van der Waals surface area (Å²) in [4.78, 5) is 0. The second-order valence-electron chi connectivity index (χ2n) is 5.49. The number of hydrogen-bond acceptors (Lipinski definition) is 3. The average Bonchev–Trinajstić information content (AvgIpc) is 2.23. The molecule has 0 unspecified atom stereocenters. The van der Waals surface area contributed by atoms with E-state index < -0.39 is 15.6 Å². The van der Waals surface area contributed by atoms with Crippen LogP contribution in [-0.2, 0) is 15.8 Å². The van der Waals surface area contributed by atoms with E-state index in [2.05, 4.69) is 6.58 Å². The van der Waals surface area contributed by atoms with Crippen molar-refractivity contribution in [2.45, 2.75) is 32.1 Å². The van der Waals surface area contributed by atoms with Crippen LogP contribution in [0.15, 0.2) is 36.9 Å². The molecule has 0 bridgehead atoms. The lowest BCUT2D eigenvalue weighted by atomic mass is 10.1. The Kier molecular flexibility index (Phi) is 4.76. The Morgan fingerprint density at radius 3 is 2.47 bits per heavy atom. The van der Waals surface area contributed by atoms with Crippen molar-refractivity contribution in [2.24, 2.45) is 0 Å². The van der Waals surface area contributed by atoms with Gasteiger partial charge >= 0.3 is 0 Å². The Morgan fingerprint density at radius 1 is 1.37 bits per heavy atom. The highest BCUT2D eigenvalue weighted by Gasteiger charge is 2.31. The molecule has 19 heavy (non-hydrogen) atoms. The first-order valence-corrected chi connectivity index (χ1v) is 7.73. The number of nitrogens with two attached hydrogens (primary N) is 1. The third-order valence-corrected chi connectivity index (χ3v) is 4.75. The fourth-order valence-corrected chi connectivity index (χ4v) is 3.82. The molecule has 0 saturated heterocycles. The van der Waals surface area contributed by atoms with Gasteiger partial charge in [0.05, 0.1) is 5.75 Å². The van der Waals surface area contributed by atoms with Crippen molar-refractivity contribution < 1.29 is 8.42 Å². The molecule has 0 fully saturated rings. The monoisotopic (exact) mass is 282 g/mol. The molecule has 0 amide bonds. The maximum absolute atomic E-state index is 12.5. The van der Waals surface area contributed by atoms with E-state index in [1.165, 1.54) is 4.31 Å². The fourth-order valence-electron chi connectivity index (χ4n) is 1.89. The van der Waals surface area contributed by atoms with Crippen LogP contribution in [0.3, 0.4) is 0 Å². The van der Waals surface area contributed by atoms with Crippen LogP contribution in [0.2, 0.25) is 0 Å². The number of anilines is 1. The molecule has 1 aromatic carbocycles. The minimum absolute atomic E-state index is 0.0524. The predicted octanol–water partition coefficient (Wildman–Crippen LogP) is 2.39. The molecule has 0 atom stereocenters. The molecule has 5 heteroatoms. The zero-order valence-electron chi connectivity index (χ0n) is 11.8. The molecule has 0 spiro atoms.